The number of fused-ring (bicyclic) bond motifs is 1. The highest BCUT2D eigenvalue weighted by atomic mass is 16.6. The molecular weight excluding hydrogens is 362 g/mol. The smallest absolute Gasteiger partial charge is 0.340 e. The molecule has 1 N–H and O–H groups in total. The van der Waals surface area contributed by atoms with E-state index in [9.17, 15) is 14.9 Å². The molecule has 0 unspecified atom stereocenters. The predicted molar refractivity (Wildman–Crippen MR) is 104 cm³/mol. The number of nitrogens with one attached hydrogen (secondary N) is 1. The number of nitro groups is 1. The summed E-state index contributed by atoms with van der Waals surface area (Å²) in [6.07, 6.45) is 0. The number of hydrogen-bond donors (Lipinski definition) is 1. The summed E-state index contributed by atoms with van der Waals surface area (Å²) in [5.74, 6) is -0.668. The van der Waals surface area contributed by atoms with Crippen molar-refractivity contribution in [2.45, 2.75) is 6.61 Å². The average molecular weight is 381 g/mol. The highest BCUT2D eigenvalue weighted by Gasteiger charge is 2.18. The average Bonchev–Trinajstić information content (AvgIpc) is 2.72. The van der Waals surface area contributed by atoms with Gasteiger partial charge < -0.3 is 14.8 Å². The minimum Gasteiger partial charge on any atom is -0.456 e. The van der Waals surface area contributed by atoms with Gasteiger partial charge in [-0.15, -0.1) is 0 Å². The number of carbonyl (C=O) groups is 1. The number of ether oxygens (including phenoxy) is 2. The maximum atomic E-state index is 12.6. The van der Waals surface area contributed by atoms with Crippen molar-refractivity contribution in [1.29, 1.82) is 0 Å². The van der Waals surface area contributed by atoms with Crippen molar-refractivity contribution in [1.82, 2.24) is 4.98 Å². The summed E-state index contributed by atoms with van der Waals surface area (Å²) in [7, 11) is 1.56. The first kappa shape index (κ1) is 19.2. The van der Waals surface area contributed by atoms with Crippen LogP contribution < -0.4 is 5.32 Å². The molecule has 0 atom stereocenters. The van der Waals surface area contributed by atoms with E-state index < -0.39 is 10.9 Å². The lowest BCUT2D eigenvalue weighted by molar-refractivity contribution is -0.384. The van der Waals surface area contributed by atoms with Gasteiger partial charge in [0.1, 0.15) is 6.61 Å². The molecule has 0 fully saturated rings. The summed E-state index contributed by atoms with van der Waals surface area (Å²) < 4.78 is 10.3. The summed E-state index contributed by atoms with van der Waals surface area (Å²) in [5, 5.41) is 15.1. The molecule has 8 nitrogen and oxygen atoms in total. The number of non-ortho nitro benzene ring substituents is 1. The maximum Gasteiger partial charge on any atom is 0.340 e. The molecule has 0 saturated carbocycles. The van der Waals surface area contributed by atoms with Crippen LogP contribution in [-0.4, -0.2) is 36.1 Å². The number of anilines is 1. The van der Waals surface area contributed by atoms with Crippen LogP contribution in [0, 0.1) is 10.1 Å². The molecule has 28 heavy (non-hydrogen) atoms. The van der Waals surface area contributed by atoms with Gasteiger partial charge in [-0.05, 0) is 18.2 Å². The molecule has 0 aliphatic carbocycles. The Balaban J connectivity index is 1.77. The van der Waals surface area contributed by atoms with Crippen molar-refractivity contribution in [3.63, 3.8) is 0 Å². The molecule has 144 valence electrons. The van der Waals surface area contributed by atoms with Crippen molar-refractivity contribution < 1.29 is 19.2 Å². The summed E-state index contributed by atoms with van der Waals surface area (Å²) in [6, 6.07) is 15.3. The summed E-state index contributed by atoms with van der Waals surface area (Å²) in [6.45, 7) is 0.831. The standard InChI is InChI=1S/C20H19N3O5/c1-27-11-10-21-19-9-8-16(23(25)26)12-17(19)20(24)28-13-15-7-6-14-4-2-3-5-18(14)22-15/h2-9,12,21H,10-11,13H2,1H3. The lowest BCUT2D eigenvalue weighted by Crippen LogP contribution is -2.13. The Hall–Kier alpha value is -3.52. The van der Waals surface area contributed by atoms with Gasteiger partial charge in [0, 0.05) is 36.9 Å². The molecule has 0 bridgehead atoms. The number of benzene rings is 2. The van der Waals surface area contributed by atoms with E-state index in [1.165, 1.54) is 18.2 Å². The summed E-state index contributed by atoms with van der Waals surface area (Å²) >= 11 is 0. The topological polar surface area (TPSA) is 104 Å². The first-order chi connectivity index (χ1) is 13.6. The molecule has 1 aromatic heterocycles. The molecule has 0 spiro atoms. The normalized spacial score (nSPS) is 10.6. The summed E-state index contributed by atoms with van der Waals surface area (Å²) in [4.78, 5) is 27.5. The monoisotopic (exact) mass is 381 g/mol. The number of pyridine rings is 1. The van der Waals surface area contributed by atoms with E-state index >= 15 is 0 Å². The first-order valence-electron chi connectivity index (χ1n) is 8.61. The van der Waals surface area contributed by atoms with Crippen LogP contribution in [-0.2, 0) is 16.1 Å². The van der Waals surface area contributed by atoms with Crippen LogP contribution in [0.5, 0.6) is 0 Å². The minimum atomic E-state index is -0.668. The Bertz CT molecular complexity index is 1010. The Morgan fingerprint density at radius 1 is 1.18 bits per heavy atom. The molecule has 0 saturated heterocycles. The number of hydrogen-bond acceptors (Lipinski definition) is 7. The van der Waals surface area contributed by atoms with E-state index in [1.807, 2.05) is 30.3 Å². The third-order valence-corrected chi connectivity index (χ3v) is 4.06. The first-order valence-corrected chi connectivity index (χ1v) is 8.61. The third kappa shape index (κ3) is 4.60. The van der Waals surface area contributed by atoms with Gasteiger partial charge in [0.25, 0.3) is 5.69 Å². The van der Waals surface area contributed by atoms with E-state index in [-0.39, 0.29) is 17.9 Å². The van der Waals surface area contributed by atoms with E-state index in [0.717, 1.165) is 10.9 Å². The number of esters is 1. The highest BCUT2D eigenvalue weighted by Crippen LogP contribution is 2.23. The van der Waals surface area contributed by atoms with Gasteiger partial charge in [-0.1, -0.05) is 24.3 Å². The van der Waals surface area contributed by atoms with Crippen LogP contribution in [0.25, 0.3) is 10.9 Å². The predicted octanol–water partition coefficient (Wildman–Crippen LogP) is 3.56. The Kier molecular flexibility index (Phi) is 6.13. The fourth-order valence-electron chi connectivity index (χ4n) is 2.66. The number of nitrogens with zero attached hydrogens (tertiary/aromatic N) is 2. The molecule has 3 rings (SSSR count). The second-order valence-corrected chi connectivity index (χ2v) is 5.98. The van der Waals surface area contributed by atoms with E-state index in [2.05, 4.69) is 10.3 Å². The van der Waals surface area contributed by atoms with Crippen molar-refractivity contribution in [2.24, 2.45) is 0 Å². The van der Waals surface area contributed by atoms with Gasteiger partial charge in [0.15, 0.2) is 0 Å². The molecule has 0 aliphatic heterocycles. The van der Waals surface area contributed by atoms with E-state index in [0.29, 0.717) is 24.5 Å². The Labute approximate surface area is 161 Å². The van der Waals surface area contributed by atoms with Gasteiger partial charge >= 0.3 is 5.97 Å². The number of aromatic nitrogens is 1. The number of nitro benzene ring substituents is 1. The lowest BCUT2D eigenvalue weighted by atomic mass is 10.1. The van der Waals surface area contributed by atoms with Crippen molar-refractivity contribution in [2.75, 3.05) is 25.6 Å². The van der Waals surface area contributed by atoms with Gasteiger partial charge in [0.05, 0.1) is 28.3 Å². The van der Waals surface area contributed by atoms with Crippen molar-refractivity contribution in [3.05, 3.63) is 76.0 Å². The van der Waals surface area contributed by atoms with Crippen LogP contribution in [0.3, 0.4) is 0 Å². The number of methoxy groups -OCH3 is 1. The van der Waals surface area contributed by atoms with Crippen LogP contribution in [0.2, 0.25) is 0 Å². The molecule has 0 amide bonds. The number of para-hydroxylation sites is 1. The third-order valence-electron chi connectivity index (χ3n) is 4.06. The second-order valence-electron chi connectivity index (χ2n) is 5.98. The molecule has 0 aliphatic rings. The number of carbonyl (C=O) groups excluding carboxylic acids is 1. The minimum absolute atomic E-state index is 0.0378. The van der Waals surface area contributed by atoms with Gasteiger partial charge in [-0.25, -0.2) is 9.78 Å². The quantitative estimate of drug-likeness (QED) is 0.275. The number of rotatable bonds is 8. The van der Waals surface area contributed by atoms with Crippen LogP contribution in [0.1, 0.15) is 16.1 Å². The fourth-order valence-corrected chi connectivity index (χ4v) is 2.66. The molecule has 8 heteroatoms. The fraction of sp³-hybridized carbons (Fsp3) is 0.200. The van der Waals surface area contributed by atoms with Crippen LogP contribution >= 0.6 is 0 Å². The molecule has 3 aromatic rings. The van der Waals surface area contributed by atoms with Crippen molar-refractivity contribution in [3.8, 4) is 0 Å². The summed E-state index contributed by atoms with van der Waals surface area (Å²) in [5.41, 5.74) is 1.73. The zero-order chi connectivity index (χ0) is 19.9. The van der Waals surface area contributed by atoms with Crippen LogP contribution in [0.15, 0.2) is 54.6 Å². The van der Waals surface area contributed by atoms with Crippen LogP contribution in [0.4, 0.5) is 11.4 Å². The Morgan fingerprint density at radius 2 is 2.00 bits per heavy atom. The highest BCUT2D eigenvalue weighted by molar-refractivity contribution is 5.96. The zero-order valence-corrected chi connectivity index (χ0v) is 15.3. The molecule has 1 heterocycles. The Morgan fingerprint density at radius 3 is 2.79 bits per heavy atom. The van der Waals surface area contributed by atoms with E-state index in [1.54, 1.807) is 13.2 Å². The zero-order valence-electron chi connectivity index (χ0n) is 15.3. The van der Waals surface area contributed by atoms with E-state index in [4.69, 9.17) is 9.47 Å². The van der Waals surface area contributed by atoms with Gasteiger partial charge in [-0.3, -0.25) is 10.1 Å². The molecular formula is C20H19N3O5. The van der Waals surface area contributed by atoms with Gasteiger partial charge in [0.2, 0.25) is 0 Å². The maximum absolute atomic E-state index is 12.6. The largest absolute Gasteiger partial charge is 0.456 e. The molecule has 0 radical (unpaired) electrons. The lowest BCUT2D eigenvalue weighted by Gasteiger charge is -2.11. The SMILES string of the molecule is COCCNc1ccc([N+](=O)[O-])cc1C(=O)OCc1ccc2ccccc2n1. The molecule has 2 aromatic carbocycles. The van der Waals surface area contributed by atoms with Crippen molar-refractivity contribution >= 4 is 28.2 Å². The van der Waals surface area contributed by atoms with Gasteiger partial charge in [-0.2, -0.15) is 0 Å². The second kappa shape index (κ2) is 8.92.